The minimum atomic E-state index is -0.425. The van der Waals surface area contributed by atoms with E-state index >= 15 is 0 Å². The fraction of sp³-hybridized carbons (Fsp3) is 0.421. The van der Waals surface area contributed by atoms with Crippen molar-refractivity contribution >= 4 is 11.6 Å². The Labute approximate surface area is 146 Å². The summed E-state index contributed by atoms with van der Waals surface area (Å²) in [5, 5.41) is 10.9. The lowest BCUT2D eigenvalue weighted by Gasteiger charge is -2.30. The van der Waals surface area contributed by atoms with Gasteiger partial charge in [0.25, 0.3) is 5.69 Å². The molecular weight excluding hydrogens is 320 g/mol. The summed E-state index contributed by atoms with van der Waals surface area (Å²) in [6.45, 7) is 3.91. The summed E-state index contributed by atoms with van der Waals surface area (Å²) in [6.07, 6.45) is 3.11. The molecule has 0 aliphatic carbocycles. The van der Waals surface area contributed by atoms with Crippen LogP contribution >= 0.6 is 0 Å². The number of non-ortho nitro benzene ring substituents is 1. The van der Waals surface area contributed by atoms with Gasteiger partial charge >= 0.3 is 0 Å². The maximum atomic E-state index is 12.3. The number of hydrogen-bond donors (Lipinski definition) is 0. The number of rotatable bonds is 5. The van der Waals surface area contributed by atoms with Gasteiger partial charge in [-0.3, -0.25) is 14.9 Å². The maximum absolute atomic E-state index is 12.3. The van der Waals surface area contributed by atoms with Crippen molar-refractivity contribution in [3.63, 3.8) is 0 Å². The van der Waals surface area contributed by atoms with E-state index in [1.807, 2.05) is 11.0 Å². The summed E-state index contributed by atoms with van der Waals surface area (Å²) in [4.78, 5) is 24.7. The summed E-state index contributed by atoms with van der Waals surface area (Å²) in [5.74, 6) is 2.17. The number of furan rings is 1. The summed E-state index contributed by atoms with van der Waals surface area (Å²) in [5.41, 5.74) is 0.696. The third-order valence-electron chi connectivity index (χ3n) is 4.72. The first-order valence-corrected chi connectivity index (χ1v) is 8.64. The van der Waals surface area contributed by atoms with Gasteiger partial charge in [-0.25, -0.2) is 0 Å². The number of carbonyl (C=O) groups excluding carboxylic acids is 1. The molecule has 0 atom stereocenters. The van der Waals surface area contributed by atoms with Gasteiger partial charge < -0.3 is 9.32 Å². The van der Waals surface area contributed by atoms with Crippen LogP contribution in [0.1, 0.15) is 31.9 Å². The maximum Gasteiger partial charge on any atom is 0.270 e. The van der Waals surface area contributed by atoms with Crippen molar-refractivity contribution in [2.24, 2.45) is 5.92 Å². The van der Waals surface area contributed by atoms with Crippen molar-refractivity contribution < 1.29 is 14.1 Å². The highest BCUT2D eigenvalue weighted by atomic mass is 16.6. The fourth-order valence-electron chi connectivity index (χ4n) is 3.09. The van der Waals surface area contributed by atoms with Crippen molar-refractivity contribution in [1.29, 1.82) is 0 Å². The van der Waals surface area contributed by atoms with Crippen LogP contribution in [0, 0.1) is 16.0 Å². The normalized spacial score (nSPS) is 15.3. The van der Waals surface area contributed by atoms with Crippen LogP contribution in [-0.4, -0.2) is 28.8 Å². The Morgan fingerprint density at radius 2 is 2.04 bits per heavy atom. The lowest BCUT2D eigenvalue weighted by Crippen LogP contribution is -2.37. The van der Waals surface area contributed by atoms with E-state index in [9.17, 15) is 14.9 Å². The van der Waals surface area contributed by atoms with Crippen LogP contribution in [0.15, 0.2) is 40.8 Å². The zero-order valence-electron chi connectivity index (χ0n) is 14.3. The number of nitrogens with zero attached hydrogens (tertiary/aromatic N) is 2. The van der Waals surface area contributed by atoms with Crippen LogP contribution in [0.5, 0.6) is 0 Å². The molecule has 1 aromatic heterocycles. The fourth-order valence-corrected chi connectivity index (χ4v) is 3.09. The van der Waals surface area contributed by atoms with Crippen LogP contribution in [0.25, 0.3) is 11.3 Å². The minimum Gasteiger partial charge on any atom is -0.461 e. The van der Waals surface area contributed by atoms with Crippen LogP contribution in [0.4, 0.5) is 5.69 Å². The molecule has 1 aliphatic rings. The Hall–Kier alpha value is -2.63. The van der Waals surface area contributed by atoms with E-state index in [-0.39, 0.29) is 11.6 Å². The van der Waals surface area contributed by atoms with E-state index in [1.165, 1.54) is 12.1 Å². The number of hydrogen-bond acceptors (Lipinski definition) is 4. The standard InChI is InChI=1S/C19H22N2O4/c1-14-9-11-20(12-10-14)19(22)8-6-17-5-7-18(25-17)15-3-2-4-16(13-15)21(23)24/h2-5,7,13-14H,6,8-12H2,1H3. The summed E-state index contributed by atoms with van der Waals surface area (Å²) >= 11 is 0. The first-order chi connectivity index (χ1) is 12.0. The second-order valence-corrected chi connectivity index (χ2v) is 6.64. The number of likely N-dealkylation sites (tertiary alicyclic amines) is 1. The molecule has 6 nitrogen and oxygen atoms in total. The monoisotopic (exact) mass is 342 g/mol. The average Bonchev–Trinajstić information content (AvgIpc) is 3.09. The zero-order valence-corrected chi connectivity index (χ0v) is 14.3. The average molecular weight is 342 g/mol. The minimum absolute atomic E-state index is 0.0324. The van der Waals surface area contributed by atoms with Crippen LogP contribution in [-0.2, 0) is 11.2 Å². The van der Waals surface area contributed by atoms with Crippen molar-refractivity contribution in [3.8, 4) is 11.3 Å². The van der Waals surface area contributed by atoms with Crippen LogP contribution in [0.3, 0.4) is 0 Å². The van der Waals surface area contributed by atoms with Gasteiger partial charge in [0, 0.05) is 43.6 Å². The summed E-state index contributed by atoms with van der Waals surface area (Å²) in [6, 6.07) is 9.97. The second-order valence-electron chi connectivity index (χ2n) is 6.64. The second kappa shape index (κ2) is 7.51. The first-order valence-electron chi connectivity index (χ1n) is 8.64. The van der Waals surface area contributed by atoms with Gasteiger partial charge in [0.1, 0.15) is 11.5 Å². The predicted molar refractivity (Wildman–Crippen MR) is 94.1 cm³/mol. The van der Waals surface area contributed by atoms with Gasteiger partial charge in [-0.2, -0.15) is 0 Å². The van der Waals surface area contributed by atoms with Gasteiger partial charge in [-0.1, -0.05) is 19.1 Å². The molecule has 0 saturated carbocycles. The number of benzene rings is 1. The molecule has 0 bridgehead atoms. The van der Waals surface area contributed by atoms with E-state index in [1.54, 1.807) is 18.2 Å². The Balaban J connectivity index is 1.59. The molecule has 1 saturated heterocycles. The number of nitro groups is 1. The highest BCUT2D eigenvalue weighted by Gasteiger charge is 2.20. The van der Waals surface area contributed by atoms with E-state index in [2.05, 4.69) is 6.92 Å². The van der Waals surface area contributed by atoms with Gasteiger partial charge in [0.15, 0.2) is 0 Å². The number of amides is 1. The molecule has 0 radical (unpaired) electrons. The third kappa shape index (κ3) is 4.26. The number of piperidine rings is 1. The van der Waals surface area contributed by atoms with Gasteiger partial charge in [-0.05, 0) is 30.9 Å². The Kier molecular flexibility index (Phi) is 5.16. The molecule has 1 fully saturated rings. The summed E-state index contributed by atoms with van der Waals surface area (Å²) in [7, 11) is 0. The lowest BCUT2D eigenvalue weighted by atomic mass is 9.99. The van der Waals surface area contributed by atoms with Crippen molar-refractivity contribution in [2.45, 2.75) is 32.6 Å². The summed E-state index contributed by atoms with van der Waals surface area (Å²) < 4.78 is 5.77. The van der Waals surface area contributed by atoms with Gasteiger partial charge in [0.05, 0.1) is 4.92 Å². The molecule has 0 unspecified atom stereocenters. The van der Waals surface area contributed by atoms with Crippen molar-refractivity contribution in [2.75, 3.05) is 13.1 Å². The highest BCUT2D eigenvalue weighted by molar-refractivity contribution is 5.76. The topological polar surface area (TPSA) is 76.6 Å². The molecule has 2 heterocycles. The molecule has 2 aromatic rings. The number of aryl methyl sites for hydroxylation is 1. The van der Waals surface area contributed by atoms with E-state index in [4.69, 9.17) is 4.42 Å². The molecule has 1 amide bonds. The number of nitro benzene ring substituents is 1. The smallest absolute Gasteiger partial charge is 0.270 e. The van der Waals surface area contributed by atoms with Crippen molar-refractivity contribution in [3.05, 3.63) is 52.3 Å². The largest absolute Gasteiger partial charge is 0.461 e. The molecule has 6 heteroatoms. The quantitative estimate of drug-likeness (QED) is 0.607. The van der Waals surface area contributed by atoms with E-state index in [0.29, 0.717) is 30.1 Å². The van der Waals surface area contributed by atoms with Crippen LogP contribution < -0.4 is 0 Å². The zero-order chi connectivity index (χ0) is 17.8. The Morgan fingerprint density at radius 3 is 2.76 bits per heavy atom. The molecule has 132 valence electrons. The Morgan fingerprint density at radius 1 is 1.28 bits per heavy atom. The number of carbonyl (C=O) groups is 1. The lowest BCUT2D eigenvalue weighted by molar-refractivity contribution is -0.384. The molecule has 1 aliphatic heterocycles. The molecule has 3 rings (SSSR count). The van der Waals surface area contributed by atoms with Gasteiger partial charge in [0.2, 0.25) is 5.91 Å². The molecular formula is C19H22N2O4. The van der Waals surface area contributed by atoms with E-state index in [0.717, 1.165) is 31.7 Å². The van der Waals surface area contributed by atoms with Gasteiger partial charge in [-0.15, -0.1) is 0 Å². The highest BCUT2D eigenvalue weighted by Crippen LogP contribution is 2.26. The molecule has 1 aromatic carbocycles. The molecule has 0 spiro atoms. The Bertz CT molecular complexity index is 760. The van der Waals surface area contributed by atoms with Crippen LogP contribution in [0.2, 0.25) is 0 Å². The first kappa shape index (κ1) is 17.2. The molecule has 0 N–H and O–H groups in total. The predicted octanol–water partition coefficient (Wildman–Crippen LogP) is 4.05. The van der Waals surface area contributed by atoms with Crippen molar-refractivity contribution in [1.82, 2.24) is 4.90 Å². The van der Waals surface area contributed by atoms with E-state index < -0.39 is 4.92 Å². The SMILES string of the molecule is CC1CCN(C(=O)CCc2ccc(-c3cccc([N+](=O)[O-])c3)o2)CC1. The molecule has 25 heavy (non-hydrogen) atoms. The third-order valence-corrected chi connectivity index (χ3v) is 4.72.